The molecule has 0 aliphatic rings. The molecule has 0 heterocycles. The predicted molar refractivity (Wildman–Crippen MR) is 66.3 cm³/mol. The smallest absolute Gasteiger partial charge is 0.304 e. The summed E-state index contributed by atoms with van der Waals surface area (Å²) in [6.45, 7) is 2.43. The van der Waals surface area contributed by atoms with Crippen molar-refractivity contribution in [2.75, 3.05) is 18.5 Å². The van der Waals surface area contributed by atoms with Crippen LogP contribution in [-0.4, -0.2) is 30.3 Å². The highest BCUT2D eigenvalue weighted by Gasteiger charge is 2.09. The van der Waals surface area contributed by atoms with Gasteiger partial charge in [0.05, 0.1) is 13.0 Å². The number of aliphatic carboxylic acids is 1. The second-order valence-corrected chi connectivity index (χ2v) is 3.82. The Kier molecular flexibility index (Phi) is 5.38. The van der Waals surface area contributed by atoms with Gasteiger partial charge in [-0.25, -0.2) is 4.39 Å². The minimum absolute atomic E-state index is 0.132. The molecule has 0 aromatic heterocycles. The summed E-state index contributed by atoms with van der Waals surface area (Å²) in [5.74, 6) is -1.23. The van der Waals surface area contributed by atoms with Gasteiger partial charge >= 0.3 is 5.97 Å². The van der Waals surface area contributed by atoms with Crippen LogP contribution >= 0.6 is 0 Å². The van der Waals surface area contributed by atoms with Crippen LogP contribution in [0.2, 0.25) is 0 Å². The summed E-state index contributed by atoms with van der Waals surface area (Å²) >= 11 is 0. The van der Waals surface area contributed by atoms with Gasteiger partial charge in [0.2, 0.25) is 0 Å². The van der Waals surface area contributed by atoms with Crippen LogP contribution in [0.3, 0.4) is 0 Å². The fourth-order valence-corrected chi connectivity index (χ4v) is 1.43. The highest BCUT2D eigenvalue weighted by Crippen LogP contribution is 2.21. The van der Waals surface area contributed by atoms with E-state index in [1.165, 1.54) is 12.1 Å². The van der Waals surface area contributed by atoms with E-state index < -0.39 is 17.8 Å². The second kappa shape index (κ2) is 6.80. The number of benzene rings is 1. The molecule has 0 saturated carbocycles. The molecule has 1 unspecified atom stereocenters. The van der Waals surface area contributed by atoms with Crippen molar-refractivity contribution in [3.63, 3.8) is 0 Å². The number of carboxylic acid groups (broad SMARTS) is 1. The monoisotopic (exact) mass is 256 g/mol. The molecule has 0 spiro atoms. The lowest BCUT2D eigenvalue weighted by Gasteiger charge is -2.12. The van der Waals surface area contributed by atoms with Gasteiger partial charge < -0.3 is 20.9 Å². The highest BCUT2D eigenvalue weighted by atomic mass is 19.1. The van der Waals surface area contributed by atoms with Crippen molar-refractivity contribution >= 4 is 11.7 Å². The van der Waals surface area contributed by atoms with Crippen molar-refractivity contribution in [2.24, 2.45) is 5.73 Å². The van der Waals surface area contributed by atoms with Crippen LogP contribution in [-0.2, 0) is 4.79 Å². The molecular weight excluding hydrogens is 239 g/mol. The number of rotatable bonds is 7. The zero-order valence-corrected chi connectivity index (χ0v) is 10.1. The number of hydrogen-bond acceptors (Lipinski definition) is 4. The van der Waals surface area contributed by atoms with Gasteiger partial charge in [-0.05, 0) is 19.1 Å². The van der Waals surface area contributed by atoms with E-state index in [1.807, 2.05) is 0 Å². The fraction of sp³-hybridized carbons (Fsp3) is 0.417. The zero-order chi connectivity index (χ0) is 13.5. The van der Waals surface area contributed by atoms with E-state index in [9.17, 15) is 9.18 Å². The maximum Gasteiger partial charge on any atom is 0.304 e. The van der Waals surface area contributed by atoms with E-state index in [1.54, 1.807) is 13.0 Å². The Morgan fingerprint density at radius 2 is 2.33 bits per heavy atom. The van der Waals surface area contributed by atoms with Crippen LogP contribution < -0.4 is 15.8 Å². The largest absolute Gasteiger partial charge is 0.491 e. The molecule has 5 nitrogen and oxygen atoms in total. The molecule has 0 amide bonds. The molecule has 1 aromatic carbocycles. The number of hydrogen-bond donors (Lipinski definition) is 3. The Labute approximate surface area is 105 Å². The van der Waals surface area contributed by atoms with Crippen molar-refractivity contribution in [3.8, 4) is 5.75 Å². The Morgan fingerprint density at radius 1 is 1.61 bits per heavy atom. The number of nitrogens with one attached hydrogen (secondary N) is 1. The molecule has 0 aliphatic heterocycles. The SMILES string of the molecule is CCOc1ccc(NCC(N)CC(=O)O)cc1F. The average molecular weight is 256 g/mol. The number of nitrogens with two attached hydrogens (primary N) is 1. The molecular formula is C12H17FN2O3. The van der Waals surface area contributed by atoms with Gasteiger partial charge in [0.25, 0.3) is 0 Å². The lowest BCUT2D eigenvalue weighted by Crippen LogP contribution is -2.31. The summed E-state index contributed by atoms with van der Waals surface area (Å²) in [6, 6.07) is 3.95. The van der Waals surface area contributed by atoms with Gasteiger partial charge in [-0.1, -0.05) is 0 Å². The maximum absolute atomic E-state index is 13.5. The summed E-state index contributed by atoms with van der Waals surface area (Å²) in [6.07, 6.45) is -0.132. The third kappa shape index (κ3) is 4.58. The van der Waals surface area contributed by atoms with E-state index in [0.717, 1.165) is 0 Å². The van der Waals surface area contributed by atoms with E-state index in [0.29, 0.717) is 12.3 Å². The summed E-state index contributed by atoms with van der Waals surface area (Å²) < 4.78 is 18.5. The summed E-state index contributed by atoms with van der Waals surface area (Å²) in [5, 5.41) is 11.4. The van der Waals surface area contributed by atoms with Crippen LogP contribution in [0.5, 0.6) is 5.75 Å². The lowest BCUT2D eigenvalue weighted by atomic mass is 10.2. The van der Waals surface area contributed by atoms with Crippen molar-refractivity contribution in [1.82, 2.24) is 0 Å². The van der Waals surface area contributed by atoms with Crippen LogP contribution in [0.1, 0.15) is 13.3 Å². The molecule has 0 saturated heterocycles. The third-order valence-corrected chi connectivity index (χ3v) is 2.24. The number of anilines is 1. The van der Waals surface area contributed by atoms with Gasteiger partial charge in [-0.3, -0.25) is 4.79 Å². The summed E-state index contributed by atoms with van der Waals surface area (Å²) in [5.41, 5.74) is 6.12. The molecule has 1 rings (SSSR count). The molecule has 100 valence electrons. The zero-order valence-electron chi connectivity index (χ0n) is 10.1. The first kappa shape index (κ1) is 14.2. The van der Waals surface area contributed by atoms with Gasteiger partial charge in [0.1, 0.15) is 0 Å². The Morgan fingerprint density at radius 3 is 2.89 bits per heavy atom. The van der Waals surface area contributed by atoms with Crippen molar-refractivity contribution in [3.05, 3.63) is 24.0 Å². The van der Waals surface area contributed by atoms with Crippen LogP contribution in [0.15, 0.2) is 18.2 Å². The molecule has 0 bridgehead atoms. The molecule has 1 atom stereocenters. The van der Waals surface area contributed by atoms with Crippen LogP contribution in [0.25, 0.3) is 0 Å². The molecule has 0 aliphatic carbocycles. The van der Waals surface area contributed by atoms with E-state index in [-0.39, 0.29) is 18.7 Å². The van der Waals surface area contributed by atoms with E-state index >= 15 is 0 Å². The number of halogens is 1. The normalized spacial score (nSPS) is 11.9. The molecule has 6 heteroatoms. The maximum atomic E-state index is 13.5. The summed E-state index contributed by atoms with van der Waals surface area (Å²) in [4.78, 5) is 10.4. The Bertz CT molecular complexity index is 412. The van der Waals surface area contributed by atoms with E-state index in [2.05, 4.69) is 5.32 Å². The third-order valence-electron chi connectivity index (χ3n) is 2.24. The molecule has 18 heavy (non-hydrogen) atoms. The van der Waals surface area contributed by atoms with Gasteiger partial charge in [0, 0.05) is 24.3 Å². The van der Waals surface area contributed by atoms with Gasteiger partial charge in [-0.15, -0.1) is 0 Å². The topological polar surface area (TPSA) is 84.6 Å². The fourth-order valence-electron chi connectivity index (χ4n) is 1.43. The quantitative estimate of drug-likeness (QED) is 0.687. The second-order valence-electron chi connectivity index (χ2n) is 3.82. The van der Waals surface area contributed by atoms with Crippen LogP contribution in [0.4, 0.5) is 10.1 Å². The minimum atomic E-state index is -0.956. The van der Waals surface area contributed by atoms with Gasteiger partial charge in [0.15, 0.2) is 11.6 Å². The lowest BCUT2D eigenvalue weighted by molar-refractivity contribution is -0.137. The summed E-state index contributed by atoms with van der Waals surface area (Å²) in [7, 11) is 0. The molecule has 0 radical (unpaired) electrons. The molecule has 1 aromatic rings. The van der Waals surface area contributed by atoms with Gasteiger partial charge in [-0.2, -0.15) is 0 Å². The Balaban J connectivity index is 2.53. The van der Waals surface area contributed by atoms with Crippen molar-refractivity contribution < 1.29 is 19.0 Å². The number of carboxylic acids is 1. The number of carbonyl (C=O) groups is 1. The first-order valence-corrected chi connectivity index (χ1v) is 5.66. The highest BCUT2D eigenvalue weighted by molar-refractivity contribution is 5.67. The predicted octanol–water partition coefficient (Wildman–Crippen LogP) is 1.44. The first-order valence-electron chi connectivity index (χ1n) is 5.66. The first-order chi connectivity index (χ1) is 8.52. The van der Waals surface area contributed by atoms with Crippen molar-refractivity contribution in [1.29, 1.82) is 0 Å². The minimum Gasteiger partial charge on any atom is -0.491 e. The number of ether oxygens (including phenoxy) is 1. The Hall–Kier alpha value is -1.82. The van der Waals surface area contributed by atoms with Crippen molar-refractivity contribution in [2.45, 2.75) is 19.4 Å². The standard InChI is InChI=1S/C12H17FN2O3/c1-2-18-11-4-3-9(6-10(11)13)15-7-8(14)5-12(16)17/h3-4,6,8,15H,2,5,7,14H2,1H3,(H,16,17). The van der Waals surface area contributed by atoms with Crippen LogP contribution in [0, 0.1) is 5.82 Å². The average Bonchev–Trinajstić information content (AvgIpc) is 2.29. The van der Waals surface area contributed by atoms with E-state index in [4.69, 9.17) is 15.6 Å². The molecule has 4 N–H and O–H groups in total. The molecule has 0 fully saturated rings.